The van der Waals surface area contributed by atoms with Gasteiger partial charge in [-0.3, -0.25) is 10.3 Å². The summed E-state index contributed by atoms with van der Waals surface area (Å²) in [4.78, 5) is 16.4. The van der Waals surface area contributed by atoms with E-state index in [0.717, 1.165) is 19.6 Å². The summed E-state index contributed by atoms with van der Waals surface area (Å²) in [5.74, 6) is 0.0976. The molecule has 1 fully saturated rings. The van der Waals surface area contributed by atoms with Gasteiger partial charge in [-0.1, -0.05) is 0 Å². The van der Waals surface area contributed by atoms with E-state index in [1.807, 2.05) is 12.1 Å². The first-order valence-electron chi connectivity index (χ1n) is 7.59. The first kappa shape index (κ1) is 15.7. The molecule has 0 bridgehead atoms. The highest BCUT2D eigenvalue weighted by Crippen LogP contribution is 2.22. The number of thiophene rings is 1. The molecule has 0 atom stereocenters. The fraction of sp³-hybridized carbons (Fsp3) is 0.294. The van der Waals surface area contributed by atoms with Crippen molar-refractivity contribution in [3.63, 3.8) is 0 Å². The maximum absolute atomic E-state index is 12.2. The number of benzene rings is 1. The second kappa shape index (κ2) is 6.93. The van der Waals surface area contributed by atoms with E-state index < -0.39 is 0 Å². The quantitative estimate of drug-likeness (QED) is 0.383. The molecule has 120 valence electrons. The summed E-state index contributed by atoms with van der Waals surface area (Å²) in [6.07, 6.45) is 2.52. The van der Waals surface area contributed by atoms with Gasteiger partial charge in [-0.05, 0) is 62.3 Å². The zero-order valence-electron chi connectivity index (χ0n) is 12.7. The molecule has 3 N–H and O–H groups in total. The highest BCUT2D eigenvalue weighted by molar-refractivity contribution is 7.13. The van der Waals surface area contributed by atoms with Gasteiger partial charge in [-0.15, -0.1) is 11.3 Å². The number of hydrogen-bond donors (Lipinski definition) is 2. The van der Waals surface area contributed by atoms with Crippen LogP contribution >= 0.6 is 11.3 Å². The number of esters is 1. The topological polar surface area (TPSA) is 79.4 Å². The second-order valence-electron chi connectivity index (χ2n) is 5.58. The van der Waals surface area contributed by atoms with Gasteiger partial charge in [0.2, 0.25) is 0 Å². The van der Waals surface area contributed by atoms with Crippen LogP contribution in [0, 0.1) is 5.41 Å². The monoisotopic (exact) mass is 329 g/mol. The van der Waals surface area contributed by atoms with E-state index in [1.54, 1.807) is 24.3 Å². The van der Waals surface area contributed by atoms with Crippen molar-refractivity contribution in [3.05, 3.63) is 51.7 Å². The molecule has 1 aromatic carbocycles. The number of hydrogen-bond acceptors (Lipinski definition) is 5. The normalized spacial score (nSPS) is 14.8. The third kappa shape index (κ3) is 3.97. The van der Waals surface area contributed by atoms with Crippen LogP contribution in [0.15, 0.2) is 36.4 Å². The van der Waals surface area contributed by atoms with Crippen LogP contribution in [-0.2, 0) is 6.54 Å². The fourth-order valence-corrected chi connectivity index (χ4v) is 3.52. The molecule has 0 saturated carbocycles. The Balaban J connectivity index is 1.61. The van der Waals surface area contributed by atoms with Crippen LogP contribution in [0.4, 0.5) is 0 Å². The number of ether oxygens (including phenoxy) is 1. The van der Waals surface area contributed by atoms with Crippen LogP contribution in [0.1, 0.15) is 33.0 Å². The van der Waals surface area contributed by atoms with Crippen LogP contribution in [0.25, 0.3) is 0 Å². The molecule has 1 aromatic heterocycles. The van der Waals surface area contributed by atoms with E-state index in [-0.39, 0.29) is 11.8 Å². The molecule has 23 heavy (non-hydrogen) atoms. The molecule has 6 heteroatoms. The Bertz CT molecular complexity index is 703. The zero-order chi connectivity index (χ0) is 16.2. The van der Waals surface area contributed by atoms with Gasteiger partial charge in [0, 0.05) is 17.0 Å². The SMILES string of the molecule is N=C(N)c1ccc(OC(=O)c2ccc(CN3CCCC3)s2)cc1. The smallest absolute Gasteiger partial charge is 0.353 e. The minimum atomic E-state index is -0.349. The predicted molar refractivity (Wildman–Crippen MR) is 91.2 cm³/mol. The number of nitrogen functional groups attached to an aromatic ring is 1. The molecule has 2 aromatic rings. The first-order valence-corrected chi connectivity index (χ1v) is 8.41. The van der Waals surface area contributed by atoms with E-state index in [4.69, 9.17) is 15.9 Å². The van der Waals surface area contributed by atoms with Crippen molar-refractivity contribution in [3.8, 4) is 5.75 Å². The first-order chi connectivity index (χ1) is 11.1. The molecule has 0 amide bonds. The van der Waals surface area contributed by atoms with Crippen LogP contribution in [0.5, 0.6) is 5.75 Å². The minimum Gasteiger partial charge on any atom is -0.422 e. The maximum Gasteiger partial charge on any atom is 0.353 e. The number of nitrogens with one attached hydrogen (secondary N) is 1. The summed E-state index contributed by atoms with van der Waals surface area (Å²) in [6, 6.07) is 10.4. The Hall–Kier alpha value is -2.18. The van der Waals surface area contributed by atoms with Gasteiger partial charge in [-0.2, -0.15) is 0 Å². The molecule has 3 rings (SSSR count). The zero-order valence-corrected chi connectivity index (χ0v) is 13.6. The molecular formula is C17H19N3O2S. The van der Waals surface area contributed by atoms with Crippen LogP contribution in [0.2, 0.25) is 0 Å². The molecule has 0 unspecified atom stereocenters. The lowest BCUT2D eigenvalue weighted by Gasteiger charge is -2.12. The number of amidine groups is 1. The highest BCUT2D eigenvalue weighted by atomic mass is 32.1. The number of carbonyl (C=O) groups is 1. The van der Waals surface area contributed by atoms with Crippen molar-refractivity contribution < 1.29 is 9.53 Å². The van der Waals surface area contributed by atoms with Gasteiger partial charge in [0.05, 0.1) is 0 Å². The van der Waals surface area contributed by atoms with Gasteiger partial charge < -0.3 is 10.5 Å². The lowest BCUT2D eigenvalue weighted by molar-refractivity contribution is 0.0740. The van der Waals surface area contributed by atoms with Gasteiger partial charge in [0.25, 0.3) is 0 Å². The molecule has 0 radical (unpaired) electrons. The second-order valence-corrected chi connectivity index (χ2v) is 6.75. The Morgan fingerprint density at radius 3 is 2.52 bits per heavy atom. The molecular weight excluding hydrogens is 310 g/mol. The van der Waals surface area contributed by atoms with Gasteiger partial charge in [0.15, 0.2) is 0 Å². The summed E-state index contributed by atoms with van der Waals surface area (Å²) in [5, 5.41) is 7.34. The van der Waals surface area contributed by atoms with Crippen molar-refractivity contribution in [1.29, 1.82) is 5.41 Å². The van der Waals surface area contributed by atoms with E-state index >= 15 is 0 Å². The van der Waals surface area contributed by atoms with Crippen molar-refractivity contribution in [2.24, 2.45) is 5.73 Å². The Labute approximate surface area is 139 Å². The van der Waals surface area contributed by atoms with Crippen molar-refractivity contribution in [1.82, 2.24) is 4.90 Å². The summed E-state index contributed by atoms with van der Waals surface area (Å²) in [7, 11) is 0. The third-order valence-corrected chi connectivity index (χ3v) is 4.87. The molecule has 0 aliphatic carbocycles. The van der Waals surface area contributed by atoms with Crippen molar-refractivity contribution in [2.75, 3.05) is 13.1 Å². The Morgan fingerprint density at radius 1 is 1.17 bits per heavy atom. The largest absolute Gasteiger partial charge is 0.422 e. The summed E-state index contributed by atoms with van der Waals surface area (Å²) in [6.45, 7) is 3.19. The maximum atomic E-state index is 12.2. The number of carbonyl (C=O) groups excluding carboxylic acids is 1. The fourth-order valence-electron chi connectivity index (χ4n) is 2.59. The van der Waals surface area contributed by atoms with E-state index in [1.165, 1.54) is 29.1 Å². The molecule has 1 aliphatic rings. The Morgan fingerprint density at radius 2 is 1.87 bits per heavy atom. The number of rotatable bonds is 5. The average Bonchev–Trinajstić information content (AvgIpc) is 3.20. The van der Waals surface area contributed by atoms with Crippen molar-refractivity contribution in [2.45, 2.75) is 19.4 Å². The summed E-state index contributed by atoms with van der Waals surface area (Å²) in [5.41, 5.74) is 6.00. The van der Waals surface area contributed by atoms with E-state index in [2.05, 4.69) is 4.90 Å². The summed E-state index contributed by atoms with van der Waals surface area (Å²) < 4.78 is 5.37. The van der Waals surface area contributed by atoms with Gasteiger partial charge in [-0.25, -0.2) is 4.79 Å². The third-order valence-electron chi connectivity index (χ3n) is 3.82. The predicted octanol–water partition coefficient (Wildman–Crippen LogP) is 2.85. The molecule has 0 spiro atoms. The standard InChI is InChI=1S/C17H19N3O2S/c18-16(19)12-3-5-13(6-4-12)22-17(21)15-8-7-14(23-15)11-20-9-1-2-10-20/h3-8H,1-2,9-11H2,(H3,18,19). The molecule has 5 nitrogen and oxygen atoms in total. The molecule has 1 saturated heterocycles. The lowest BCUT2D eigenvalue weighted by atomic mass is 10.2. The molecule has 2 heterocycles. The van der Waals surface area contributed by atoms with E-state index in [0.29, 0.717) is 16.2 Å². The number of nitrogens with zero attached hydrogens (tertiary/aromatic N) is 1. The average molecular weight is 329 g/mol. The van der Waals surface area contributed by atoms with E-state index in [9.17, 15) is 4.79 Å². The highest BCUT2D eigenvalue weighted by Gasteiger charge is 2.16. The van der Waals surface area contributed by atoms with Crippen LogP contribution in [-0.4, -0.2) is 29.8 Å². The lowest BCUT2D eigenvalue weighted by Crippen LogP contribution is -2.17. The van der Waals surface area contributed by atoms with Crippen LogP contribution in [0.3, 0.4) is 0 Å². The van der Waals surface area contributed by atoms with Gasteiger partial charge >= 0.3 is 5.97 Å². The van der Waals surface area contributed by atoms with Crippen LogP contribution < -0.4 is 10.5 Å². The number of likely N-dealkylation sites (tertiary alicyclic amines) is 1. The Kier molecular flexibility index (Phi) is 4.73. The minimum absolute atomic E-state index is 0.00677. The summed E-state index contributed by atoms with van der Waals surface area (Å²) >= 11 is 1.48. The van der Waals surface area contributed by atoms with Crippen molar-refractivity contribution >= 4 is 23.1 Å². The number of nitrogens with two attached hydrogens (primary N) is 1. The molecule has 1 aliphatic heterocycles. The van der Waals surface area contributed by atoms with Gasteiger partial charge in [0.1, 0.15) is 16.5 Å².